The average Bonchev–Trinajstić information content (AvgIpc) is 2.90. The van der Waals surface area contributed by atoms with Crippen molar-refractivity contribution in [1.29, 1.82) is 0 Å². The molecule has 0 aromatic heterocycles. The number of nitrogen functional groups attached to an aromatic ring is 1. The van der Waals surface area contributed by atoms with Crippen molar-refractivity contribution in [2.24, 2.45) is 0 Å². The maximum absolute atomic E-state index is 12.0. The SMILES string of the molecule is Nc1cccc(C(=O)OCC2Cc3ccccc3O2)c1Cl. The Bertz CT molecular complexity index is 662. The largest absolute Gasteiger partial charge is 0.486 e. The Morgan fingerprint density at radius 3 is 2.90 bits per heavy atom. The lowest BCUT2D eigenvalue weighted by Gasteiger charge is -2.12. The third kappa shape index (κ3) is 2.81. The number of nitrogens with two attached hydrogens (primary N) is 1. The van der Waals surface area contributed by atoms with Gasteiger partial charge in [0.1, 0.15) is 18.5 Å². The molecule has 2 N–H and O–H groups in total. The van der Waals surface area contributed by atoms with Crippen LogP contribution in [0.15, 0.2) is 42.5 Å². The van der Waals surface area contributed by atoms with E-state index >= 15 is 0 Å². The third-order valence-electron chi connectivity index (χ3n) is 3.36. The average molecular weight is 304 g/mol. The summed E-state index contributed by atoms with van der Waals surface area (Å²) in [6, 6.07) is 12.7. The Hall–Kier alpha value is -2.20. The van der Waals surface area contributed by atoms with Crippen LogP contribution >= 0.6 is 11.6 Å². The standard InChI is InChI=1S/C16H14ClNO3/c17-15-12(5-3-6-13(15)18)16(19)20-9-11-8-10-4-1-2-7-14(10)21-11/h1-7,11H,8-9,18H2. The summed E-state index contributed by atoms with van der Waals surface area (Å²) in [6.07, 6.45) is 0.569. The number of esters is 1. The molecular weight excluding hydrogens is 290 g/mol. The summed E-state index contributed by atoms with van der Waals surface area (Å²) in [4.78, 5) is 12.0. The van der Waals surface area contributed by atoms with Gasteiger partial charge in [0.25, 0.3) is 0 Å². The zero-order valence-electron chi connectivity index (χ0n) is 11.2. The molecule has 108 valence electrons. The van der Waals surface area contributed by atoms with E-state index < -0.39 is 5.97 Å². The molecule has 0 aliphatic carbocycles. The number of carbonyl (C=O) groups excluding carboxylic acids is 1. The Labute approximate surface area is 127 Å². The number of hydrogen-bond donors (Lipinski definition) is 1. The molecule has 0 spiro atoms. The first kappa shape index (κ1) is 13.8. The molecule has 1 heterocycles. The fourth-order valence-electron chi connectivity index (χ4n) is 2.30. The van der Waals surface area contributed by atoms with Gasteiger partial charge in [-0.3, -0.25) is 0 Å². The molecule has 0 radical (unpaired) electrons. The minimum Gasteiger partial charge on any atom is -0.486 e. The van der Waals surface area contributed by atoms with Crippen LogP contribution in [0.3, 0.4) is 0 Å². The molecule has 1 aliphatic rings. The third-order valence-corrected chi connectivity index (χ3v) is 3.78. The van der Waals surface area contributed by atoms with Gasteiger partial charge in [0.2, 0.25) is 0 Å². The number of hydrogen-bond acceptors (Lipinski definition) is 4. The smallest absolute Gasteiger partial charge is 0.339 e. The van der Waals surface area contributed by atoms with Gasteiger partial charge in [-0.2, -0.15) is 0 Å². The maximum Gasteiger partial charge on any atom is 0.339 e. The van der Waals surface area contributed by atoms with Gasteiger partial charge in [-0.15, -0.1) is 0 Å². The van der Waals surface area contributed by atoms with Crippen molar-refractivity contribution in [1.82, 2.24) is 0 Å². The number of fused-ring (bicyclic) bond motifs is 1. The highest BCUT2D eigenvalue weighted by Crippen LogP contribution is 2.29. The summed E-state index contributed by atoms with van der Waals surface area (Å²) in [6.45, 7) is 0.179. The molecule has 0 fully saturated rings. The lowest BCUT2D eigenvalue weighted by atomic mass is 10.1. The van der Waals surface area contributed by atoms with E-state index in [1.807, 2.05) is 24.3 Å². The first-order chi connectivity index (χ1) is 10.1. The predicted octanol–water partition coefficient (Wildman–Crippen LogP) is 3.08. The predicted molar refractivity (Wildman–Crippen MR) is 80.7 cm³/mol. The Morgan fingerprint density at radius 2 is 2.10 bits per heavy atom. The Kier molecular flexibility index (Phi) is 3.71. The van der Waals surface area contributed by atoms with E-state index in [1.54, 1.807) is 18.2 Å². The number of halogens is 1. The van der Waals surface area contributed by atoms with Crippen molar-refractivity contribution < 1.29 is 14.3 Å². The van der Waals surface area contributed by atoms with Crippen LogP contribution in [-0.4, -0.2) is 18.7 Å². The second-order valence-corrected chi connectivity index (χ2v) is 5.24. The van der Waals surface area contributed by atoms with Crippen LogP contribution < -0.4 is 10.5 Å². The van der Waals surface area contributed by atoms with Gasteiger partial charge in [-0.05, 0) is 23.8 Å². The van der Waals surface area contributed by atoms with Crippen molar-refractivity contribution in [3.63, 3.8) is 0 Å². The van der Waals surface area contributed by atoms with E-state index in [0.29, 0.717) is 5.69 Å². The molecule has 2 aromatic rings. The summed E-state index contributed by atoms with van der Waals surface area (Å²) < 4.78 is 11.0. The van der Waals surface area contributed by atoms with Gasteiger partial charge in [0.15, 0.2) is 0 Å². The number of ether oxygens (including phenoxy) is 2. The van der Waals surface area contributed by atoms with Crippen molar-refractivity contribution in [2.75, 3.05) is 12.3 Å². The molecule has 1 aliphatic heterocycles. The van der Waals surface area contributed by atoms with Gasteiger partial charge >= 0.3 is 5.97 Å². The van der Waals surface area contributed by atoms with Gasteiger partial charge in [-0.25, -0.2) is 4.79 Å². The van der Waals surface area contributed by atoms with E-state index in [0.717, 1.165) is 17.7 Å². The van der Waals surface area contributed by atoms with Crippen LogP contribution in [0.1, 0.15) is 15.9 Å². The molecule has 1 atom stereocenters. The quantitative estimate of drug-likeness (QED) is 0.699. The lowest BCUT2D eigenvalue weighted by molar-refractivity contribution is 0.0347. The minimum atomic E-state index is -0.494. The van der Waals surface area contributed by atoms with Crippen molar-refractivity contribution in [3.8, 4) is 5.75 Å². The molecule has 0 amide bonds. The monoisotopic (exact) mass is 303 g/mol. The zero-order chi connectivity index (χ0) is 14.8. The Balaban J connectivity index is 1.62. The highest BCUT2D eigenvalue weighted by Gasteiger charge is 2.24. The second-order valence-electron chi connectivity index (χ2n) is 4.86. The van der Waals surface area contributed by atoms with E-state index in [2.05, 4.69) is 0 Å². The molecule has 1 unspecified atom stereocenters. The normalized spacial score (nSPS) is 16.1. The molecule has 0 saturated heterocycles. The highest BCUT2D eigenvalue weighted by atomic mass is 35.5. The van der Waals surface area contributed by atoms with Crippen LogP contribution in [0.4, 0.5) is 5.69 Å². The molecular formula is C16H14ClNO3. The number of benzene rings is 2. The van der Waals surface area contributed by atoms with Gasteiger partial charge in [0.05, 0.1) is 16.3 Å². The van der Waals surface area contributed by atoms with Crippen LogP contribution in [0.25, 0.3) is 0 Å². The summed E-state index contributed by atoms with van der Waals surface area (Å²) in [5.41, 5.74) is 7.42. The van der Waals surface area contributed by atoms with Crippen LogP contribution in [0, 0.1) is 0 Å². The van der Waals surface area contributed by atoms with E-state index in [4.69, 9.17) is 26.8 Å². The molecule has 4 nitrogen and oxygen atoms in total. The van der Waals surface area contributed by atoms with Crippen molar-refractivity contribution in [3.05, 3.63) is 58.6 Å². The van der Waals surface area contributed by atoms with Gasteiger partial charge < -0.3 is 15.2 Å². The molecule has 0 bridgehead atoms. The summed E-state index contributed by atoms with van der Waals surface area (Å²) in [7, 11) is 0. The molecule has 5 heteroatoms. The van der Waals surface area contributed by atoms with Gasteiger partial charge in [0, 0.05) is 6.42 Å². The number of carbonyl (C=O) groups is 1. The van der Waals surface area contributed by atoms with Crippen molar-refractivity contribution >= 4 is 23.3 Å². The fourth-order valence-corrected chi connectivity index (χ4v) is 2.50. The van der Waals surface area contributed by atoms with E-state index in [9.17, 15) is 4.79 Å². The van der Waals surface area contributed by atoms with Crippen molar-refractivity contribution in [2.45, 2.75) is 12.5 Å². The molecule has 0 saturated carbocycles. The minimum absolute atomic E-state index is 0.161. The number of para-hydroxylation sites is 1. The van der Waals surface area contributed by atoms with Crippen LogP contribution in [0.5, 0.6) is 5.75 Å². The number of rotatable bonds is 3. The maximum atomic E-state index is 12.0. The zero-order valence-corrected chi connectivity index (χ0v) is 12.0. The summed E-state index contributed by atoms with van der Waals surface area (Å²) >= 11 is 6.00. The second kappa shape index (κ2) is 5.66. The molecule has 2 aromatic carbocycles. The van der Waals surface area contributed by atoms with Gasteiger partial charge in [-0.1, -0.05) is 35.9 Å². The van der Waals surface area contributed by atoms with Crippen LogP contribution in [0.2, 0.25) is 5.02 Å². The first-order valence-electron chi connectivity index (χ1n) is 6.61. The lowest BCUT2D eigenvalue weighted by Crippen LogP contribution is -2.23. The molecule has 3 rings (SSSR count). The topological polar surface area (TPSA) is 61.6 Å². The first-order valence-corrected chi connectivity index (χ1v) is 6.98. The highest BCUT2D eigenvalue weighted by molar-refractivity contribution is 6.36. The van der Waals surface area contributed by atoms with E-state index in [-0.39, 0.29) is 23.3 Å². The fraction of sp³-hybridized carbons (Fsp3) is 0.188. The summed E-state index contributed by atoms with van der Waals surface area (Å²) in [5, 5.41) is 0.220. The van der Waals surface area contributed by atoms with Crippen LogP contribution in [-0.2, 0) is 11.2 Å². The number of anilines is 1. The molecule has 21 heavy (non-hydrogen) atoms. The Morgan fingerprint density at radius 1 is 1.29 bits per heavy atom. The van der Waals surface area contributed by atoms with E-state index in [1.165, 1.54) is 0 Å². The summed E-state index contributed by atoms with van der Waals surface area (Å²) in [5.74, 6) is 0.354.